The number of rotatable bonds is 4. The molecule has 2 fully saturated rings. The van der Waals surface area contributed by atoms with Gasteiger partial charge in [-0.05, 0) is 32.6 Å². The molecule has 4 nitrogen and oxygen atoms in total. The van der Waals surface area contributed by atoms with Crippen molar-refractivity contribution in [3.63, 3.8) is 0 Å². The molecule has 16 heavy (non-hydrogen) atoms. The summed E-state index contributed by atoms with van der Waals surface area (Å²) in [6, 6.07) is 0.788. The lowest BCUT2D eigenvalue weighted by Crippen LogP contribution is -2.64. The Bertz CT molecular complexity index is 243. The quantitative estimate of drug-likeness (QED) is 0.728. The molecule has 0 bridgehead atoms. The molecule has 1 atom stereocenters. The Morgan fingerprint density at radius 3 is 2.44 bits per heavy atom. The summed E-state index contributed by atoms with van der Waals surface area (Å²) in [6.07, 6.45) is 4.19. The molecule has 0 radical (unpaired) electrons. The van der Waals surface area contributed by atoms with Gasteiger partial charge >= 0.3 is 0 Å². The highest BCUT2D eigenvalue weighted by atomic mass is 16.5. The van der Waals surface area contributed by atoms with Crippen molar-refractivity contribution in [3.05, 3.63) is 0 Å². The maximum absolute atomic E-state index is 10.6. The van der Waals surface area contributed by atoms with Gasteiger partial charge in [-0.3, -0.25) is 0 Å². The summed E-state index contributed by atoms with van der Waals surface area (Å²) in [7, 11) is 1.63. The first-order valence-electron chi connectivity index (χ1n) is 6.23. The van der Waals surface area contributed by atoms with Crippen molar-refractivity contribution >= 4 is 0 Å². The number of piperidine rings is 1. The second kappa shape index (κ2) is 4.26. The first-order valence-corrected chi connectivity index (χ1v) is 6.23. The molecule has 4 heteroatoms. The Balaban J connectivity index is 1.93. The lowest BCUT2D eigenvalue weighted by Gasteiger charge is -2.47. The van der Waals surface area contributed by atoms with E-state index in [2.05, 4.69) is 4.90 Å². The van der Waals surface area contributed by atoms with Crippen LogP contribution < -0.4 is 5.73 Å². The summed E-state index contributed by atoms with van der Waals surface area (Å²) in [6.45, 7) is 4.24. The van der Waals surface area contributed by atoms with Gasteiger partial charge in [0, 0.05) is 26.2 Å². The van der Waals surface area contributed by atoms with Crippen LogP contribution in [-0.2, 0) is 4.74 Å². The number of hydrogen-bond donors (Lipinski definition) is 2. The molecule has 0 spiro atoms. The maximum atomic E-state index is 10.6. The summed E-state index contributed by atoms with van der Waals surface area (Å²) >= 11 is 0. The topological polar surface area (TPSA) is 58.7 Å². The molecule has 2 aliphatic rings. The first-order chi connectivity index (χ1) is 7.48. The van der Waals surface area contributed by atoms with E-state index in [1.165, 1.54) is 12.8 Å². The Kier molecular flexibility index (Phi) is 3.27. The molecule has 0 aromatic rings. The van der Waals surface area contributed by atoms with Crippen molar-refractivity contribution in [2.45, 2.75) is 49.8 Å². The van der Waals surface area contributed by atoms with E-state index in [4.69, 9.17) is 10.5 Å². The highest BCUT2D eigenvalue weighted by Gasteiger charge is 2.47. The minimum Gasteiger partial charge on any atom is -0.388 e. The predicted molar refractivity (Wildman–Crippen MR) is 63.2 cm³/mol. The molecule has 1 saturated heterocycles. The van der Waals surface area contributed by atoms with Gasteiger partial charge in [0.1, 0.15) is 0 Å². The Hall–Kier alpha value is -0.160. The van der Waals surface area contributed by atoms with E-state index in [0.717, 1.165) is 32.0 Å². The second-order valence-electron chi connectivity index (χ2n) is 5.65. The minimum atomic E-state index is -0.769. The molecule has 2 rings (SSSR count). The zero-order chi connectivity index (χ0) is 11.8. The van der Waals surface area contributed by atoms with Gasteiger partial charge < -0.3 is 20.5 Å². The fraction of sp³-hybridized carbons (Fsp3) is 1.00. The van der Waals surface area contributed by atoms with Gasteiger partial charge in [0.05, 0.1) is 17.7 Å². The number of methoxy groups -OCH3 is 1. The molecule has 0 aromatic heterocycles. The highest BCUT2D eigenvalue weighted by molar-refractivity contribution is 5.04. The molecule has 1 heterocycles. The summed E-state index contributed by atoms with van der Waals surface area (Å²) in [5, 5.41) is 10.6. The van der Waals surface area contributed by atoms with Crippen LogP contribution in [-0.4, -0.2) is 54.0 Å². The van der Waals surface area contributed by atoms with E-state index < -0.39 is 11.1 Å². The molecule has 0 aromatic carbocycles. The normalized spacial score (nSPS) is 30.0. The van der Waals surface area contributed by atoms with E-state index in [1.54, 1.807) is 7.11 Å². The number of ether oxygens (including phenoxy) is 1. The van der Waals surface area contributed by atoms with Gasteiger partial charge in [-0.25, -0.2) is 0 Å². The van der Waals surface area contributed by atoms with Crippen molar-refractivity contribution in [2.75, 3.05) is 26.8 Å². The zero-order valence-corrected chi connectivity index (χ0v) is 10.4. The van der Waals surface area contributed by atoms with Crippen molar-refractivity contribution in [1.29, 1.82) is 0 Å². The van der Waals surface area contributed by atoms with Crippen molar-refractivity contribution in [1.82, 2.24) is 4.90 Å². The highest BCUT2D eigenvalue weighted by Crippen LogP contribution is 2.36. The fourth-order valence-electron chi connectivity index (χ4n) is 2.70. The number of nitrogens with two attached hydrogens (primary N) is 1. The Morgan fingerprint density at radius 2 is 2.00 bits per heavy atom. The van der Waals surface area contributed by atoms with Crippen LogP contribution >= 0.6 is 0 Å². The molecular formula is C12H24N2O2. The van der Waals surface area contributed by atoms with Gasteiger partial charge in [-0.2, -0.15) is 0 Å². The maximum Gasteiger partial charge on any atom is 0.0870 e. The second-order valence-corrected chi connectivity index (χ2v) is 5.65. The van der Waals surface area contributed by atoms with Crippen LogP contribution in [0.5, 0.6) is 0 Å². The lowest BCUT2D eigenvalue weighted by atomic mass is 9.75. The number of likely N-dealkylation sites (tertiary alicyclic amines) is 1. The molecule has 1 saturated carbocycles. The SMILES string of the molecule is COCC(C)(N)C1(O)CCN(C2CC2)CC1. The molecular weight excluding hydrogens is 204 g/mol. The third-order valence-corrected chi connectivity index (χ3v) is 4.20. The summed E-state index contributed by atoms with van der Waals surface area (Å²) in [5.74, 6) is 0. The summed E-state index contributed by atoms with van der Waals surface area (Å²) in [5.41, 5.74) is 4.77. The zero-order valence-electron chi connectivity index (χ0n) is 10.4. The van der Waals surface area contributed by atoms with Gasteiger partial charge in [0.2, 0.25) is 0 Å². The Morgan fingerprint density at radius 1 is 1.44 bits per heavy atom. The summed E-state index contributed by atoms with van der Waals surface area (Å²) < 4.78 is 5.11. The van der Waals surface area contributed by atoms with Crippen LogP contribution in [0, 0.1) is 0 Å². The minimum absolute atomic E-state index is 0.410. The molecule has 1 aliphatic heterocycles. The van der Waals surface area contributed by atoms with Crippen molar-refractivity contribution < 1.29 is 9.84 Å². The van der Waals surface area contributed by atoms with Gasteiger partial charge in [0.25, 0.3) is 0 Å². The van der Waals surface area contributed by atoms with Crippen LogP contribution in [0.25, 0.3) is 0 Å². The number of nitrogens with zero attached hydrogens (tertiary/aromatic N) is 1. The number of hydrogen-bond acceptors (Lipinski definition) is 4. The Labute approximate surface area is 97.7 Å². The van der Waals surface area contributed by atoms with Crippen LogP contribution in [0.4, 0.5) is 0 Å². The molecule has 1 unspecified atom stereocenters. The third-order valence-electron chi connectivity index (χ3n) is 4.20. The molecule has 0 amide bonds. The molecule has 1 aliphatic carbocycles. The van der Waals surface area contributed by atoms with Crippen LogP contribution in [0.3, 0.4) is 0 Å². The van der Waals surface area contributed by atoms with E-state index in [1.807, 2.05) is 6.92 Å². The van der Waals surface area contributed by atoms with Crippen LogP contribution in [0.2, 0.25) is 0 Å². The summed E-state index contributed by atoms with van der Waals surface area (Å²) in [4.78, 5) is 2.48. The van der Waals surface area contributed by atoms with Gasteiger partial charge in [-0.1, -0.05) is 0 Å². The van der Waals surface area contributed by atoms with Crippen LogP contribution in [0.1, 0.15) is 32.6 Å². The van der Waals surface area contributed by atoms with Crippen LogP contribution in [0.15, 0.2) is 0 Å². The number of aliphatic hydroxyl groups is 1. The average Bonchev–Trinajstić information content (AvgIpc) is 3.02. The fourth-order valence-corrected chi connectivity index (χ4v) is 2.70. The van der Waals surface area contributed by atoms with Gasteiger partial charge in [0.15, 0.2) is 0 Å². The molecule has 3 N–H and O–H groups in total. The smallest absolute Gasteiger partial charge is 0.0870 e. The van der Waals surface area contributed by atoms with E-state index in [9.17, 15) is 5.11 Å². The third kappa shape index (κ3) is 2.25. The average molecular weight is 228 g/mol. The van der Waals surface area contributed by atoms with E-state index >= 15 is 0 Å². The van der Waals surface area contributed by atoms with Crippen molar-refractivity contribution in [3.8, 4) is 0 Å². The van der Waals surface area contributed by atoms with Gasteiger partial charge in [-0.15, -0.1) is 0 Å². The van der Waals surface area contributed by atoms with E-state index in [-0.39, 0.29) is 0 Å². The first kappa shape index (κ1) is 12.3. The predicted octanol–water partition coefficient (Wildman–Crippen LogP) is 0.340. The van der Waals surface area contributed by atoms with Crippen molar-refractivity contribution in [2.24, 2.45) is 5.73 Å². The molecule has 94 valence electrons. The van der Waals surface area contributed by atoms with E-state index in [0.29, 0.717) is 6.61 Å². The standard InChI is InChI=1S/C12H24N2O2/c1-11(13,9-16-2)12(15)5-7-14(8-6-12)10-3-4-10/h10,15H,3-9,13H2,1-2H3. The largest absolute Gasteiger partial charge is 0.388 e. The lowest BCUT2D eigenvalue weighted by molar-refractivity contribution is -0.0951. The monoisotopic (exact) mass is 228 g/mol.